The summed E-state index contributed by atoms with van der Waals surface area (Å²) in [6, 6.07) is 8.84. The lowest BCUT2D eigenvalue weighted by Gasteiger charge is -2.34. The molecule has 2 aliphatic rings. The SMILES string of the molecule is CC(N)C(=O)O.N[C@H](CC(=O)O)NC(=O)[C@@H]1CCCN(C(=O)CCC2CCN(C(=O)OCc3ccccc3)CC2)C1.O=C(O)C(F)(F)F. The molecule has 270 valence electrons. The summed E-state index contributed by atoms with van der Waals surface area (Å²) in [6.45, 7) is 3.87. The largest absolute Gasteiger partial charge is 0.490 e. The van der Waals surface area contributed by atoms with Crippen molar-refractivity contribution in [2.45, 2.75) is 76.9 Å². The fourth-order valence-corrected chi connectivity index (χ4v) is 4.66. The van der Waals surface area contributed by atoms with Gasteiger partial charge in [-0.25, -0.2) is 9.59 Å². The second-order valence-electron chi connectivity index (χ2n) is 11.3. The number of aliphatic carboxylic acids is 3. The Kier molecular flexibility index (Phi) is 17.9. The number of hydrogen-bond acceptors (Lipinski definition) is 9. The van der Waals surface area contributed by atoms with Crippen LogP contribution < -0.4 is 16.8 Å². The minimum Gasteiger partial charge on any atom is -0.481 e. The molecule has 0 radical (unpaired) electrons. The molecule has 1 aromatic carbocycles. The Balaban J connectivity index is 0.000000747. The molecule has 2 fully saturated rings. The number of nitrogens with one attached hydrogen (secondary N) is 1. The summed E-state index contributed by atoms with van der Waals surface area (Å²) in [7, 11) is 0. The van der Waals surface area contributed by atoms with Crippen LogP contribution in [0.1, 0.15) is 57.4 Å². The van der Waals surface area contributed by atoms with Gasteiger partial charge in [0.2, 0.25) is 11.8 Å². The molecule has 15 nitrogen and oxygen atoms in total. The van der Waals surface area contributed by atoms with E-state index in [0.29, 0.717) is 44.9 Å². The molecule has 3 amide bonds. The number of alkyl halides is 3. The molecule has 1 unspecified atom stereocenters. The van der Waals surface area contributed by atoms with Crippen molar-refractivity contribution in [2.24, 2.45) is 23.3 Å². The number of hydrogen-bond donors (Lipinski definition) is 6. The van der Waals surface area contributed by atoms with Gasteiger partial charge < -0.3 is 46.6 Å². The molecule has 2 heterocycles. The molecule has 0 bridgehead atoms. The Morgan fingerprint density at radius 3 is 2.02 bits per heavy atom. The number of nitrogens with zero attached hydrogens (tertiary/aromatic N) is 2. The van der Waals surface area contributed by atoms with Gasteiger partial charge in [0.15, 0.2) is 0 Å². The number of nitrogens with two attached hydrogens (primary N) is 2. The summed E-state index contributed by atoms with van der Waals surface area (Å²) in [5.41, 5.74) is 11.4. The number of likely N-dealkylation sites (tertiary alicyclic amines) is 2. The highest BCUT2D eigenvalue weighted by Gasteiger charge is 2.38. The number of benzene rings is 1. The number of piperidine rings is 2. The normalized spacial score (nSPS) is 17.7. The van der Waals surface area contributed by atoms with Gasteiger partial charge in [-0.15, -0.1) is 0 Å². The summed E-state index contributed by atoms with van der Waals surface area (Å²) >= 11 is 0. The zero-order valence-electron chi connectivity index (χ0n) is 26.6. The maximum atomic E-state index is 12.8. The summed E-state index contributed by atoms with van der Waals surface area (Å²) in [6.07, 6.45) is -2.46. The van der Waals surface area contributed by atoms with E-state index in [9.17, 15) is 37.1 Å². The van der Waals surface area contributed by atoms with Crippen LogP contribution in [-0.2, 0) is 35.3 Å². The second-order valence-corrected chi connectivity index (χ2v) is 11.3. The van der Waals surface area contributed by atoms with Gasteiger partial charge in [0.1, 0.15) is 12.6 Å². The smallest absolute Gasteiger partial charge is 0.481 e. The van der Waals surface area contributed by atoms with Crippen LogP contribution in [0.25, 0.3) is 0 Å². The van der Waals surface area contributed by atoms with Crippen LogP contribution in [0.4, 0.5) is 18.0 Å². The maximum Gasteiger partial charge on any atom is 0.490 e. The molecule has 3 rings (SSSR count). The van der Waals surface area contributed by atoms with Gasteiger partial charge in [-0.2, -0.15) is 13.2 Å². The van der Waals surface area contributed by atoms with Gasteiger partial charge in [0, 0.05) is 32.6 Å². The Morgan fingerprint density at radius 1 is 0.958 bits per heavy atom. The number of carboxylic acids is 3. The number of ether oxygens (including phenoxy) is 1. The first-order chi connectivity index (χ1) is 22.4. The zero-order chi connectivity index (χ0) is 36.4. The summed E-state index contributed by atoms with van der Waals surface area (Å²) in [5.74, 6) is -5.08. The first-order valence-electron chi connectivity index (χ1n) is 15.2. The van der Waals surface area contributed by atoms with Gasteiger partial charge >= 0.3 is 30.2 Å². The van der Waals surface area contributed by atoms with E-state index in [1.54, 1.807) is 9.80 Å². The lowest BCUT2D eigenvalue weighted by Crippen LogP contribution is -2.50. The third-order valence-electron chi connectivity index (χ3n) is 7.34. The van der Waals surface area contributed by atoms with E-state index in [-0.39, 0.29) is 36.9 Å². The van der Waals surface area contributed by atoms with E-state index in [0.717, 1.165) is 31.2 Å². The molecule has 0 saturated carbocycles. The first-order valence-corrected chi connectivity index (χ1v) is 15.2. The number of amides is 3. The van der Waals surface area contributed by atoms with Crippen LogP contribution >= 0.6 is 0 Å². The third-order valence-corrected chi connectivity index (χ3v) is 7.34. The molecule has 8 N–H and O–H groups in total. The number of carbonyl (C=O) groups is 6. The molecule has 3 atom stereocenters. The maximum absolute atomic E-state index is 12.8. The standard InChI is InChI=1S/C25H36N4O6.C3H7NO2.C2HF3O2/c26-21(15-23(31)32)27-24(33)20-7-4-12-29(16-20)22(30)9-8-18-10-13-28(14-11-18)25(34)35-17-19-5-2-1-3-6-19;1-2(4)3(5)6;3-2(4,5)1(6)7/h1-3,5-6,18,20-21H,4,7-17,26H2,(H,27,33)(H,31,32);2H,4H2,1H3,(H,5,6);(H,6,7)/t20-,21+;;/m1../s1. The van der Waals surface area contributed by atoms with Gasteiger partial charge in [-0.05, 0) is 50.5 Å². The fourth-order valence-electron chi connectivity index (χ4n) is 4.66. The van der Waals surface area contributed by atoms with E-state index in [1.807, 2.05) is 30.3 Å². The van der Waals surface area contributed by atoms with E-state index < -0.39 is 36.3 Å². The highest BCUT2D eigenvalue weighted by atomic mass is 19.4. The van der Waals surface area contributed by atoms with Gasteiger partial charge in [0.25, 0.3) is 0 Å². The quantitative estimate of drug-likeness (QED) is 0.193. The molecule has 0 aromatic heterocycles. The number of carboxylic acid groups (broad SMARTS) is 3. The molecule has 18 heteroatoms. The van der Waals surface area contributed by atoms with Crippen molar-refractivity contribution >= 4 is 35.8 Å². The lowest BCUT2D eigenvalue weighted by atomic mass is 9.91. The van der Waals surface area contributed by atoms with E-state index in [2.05, 4.69) is 5.32 Å². The minimum absolute atomic E-state index is 0.0297. The predicted molar refractivity (Wildman–Crippen MR) is 163 cm³/mol. The summed E-state index contributed by atoms with van der Waals surface area (Å²) in [5, 5.41) is 26.3. The molecular weight excluding hydrogens is 647 g/mol. The van der Waals surface area contributed by atoms with E-state index in [4.69, 9.17) is 36.3 Å². The van der Waals surface area contributed by atoms with Gasteiger partial charge in [0.05, 0.1) is 18.5 Å². The van der Waals surface area contributed by atoms with Crippen LogP contribution in [0.5, 0.6) is 0 Å². The molecule has 0 aliphatic carbocycles. The van der Waals surface area contributed by atoms with Crippen LogP contribution in [-0.4, -0.2) is 105 Å². The summed E-state index contributed by atoms with van der Waals surface area (Å²) < 4.78 is 37.1. The van der Waals surface area contributed by atoms with Crippen molar-refractivity contribution < 1.29 is 62.0 Å². The van der Waals surface area contributed by atoms with Crippen LogP contribution in [0.3, 0.4) is 0 Å². The Bertz CT molecular complexity index is 1210. The monoisotopic (exact) mass is 691 g/mol. The Morgan fingerprint density at radius 2 is 1.52 bits per heavy atom. The number of halogens is 3. The van der Waals surface area contributed by atoms with Crippen LogP contribution in [0.15, 0.2) is 30.3 Å². The van der Waals surface area contributed by atoms with Crippen molar-refractivity contribution in [2.75, 3.05) is 26.2 Å². The Labute approximate surface area is 275 Å². The zero-order valence-corrected chi connectivity index (χ0v) is 26.6. The summed E-state index contributed by atoms with van der Waals surface area (Å²) in [4.78, 5) is 70.2. The number of carbonyl (C=O) groups excluding carboxylic acids is 3. The molecule has 2 aliphatic heterocycles. The number of rotatable bonds is 10. The highest BCUT2D eigenvalue weighted by molar-refractivity contribution is 5.82. The third kappa shape index (κ3) is 16.9. The molecule has 2 saturated heterocycles. The minimum atomic E-state index is -5.08. The molecule has 48 heavy (non-hydrogen) atoms. The van der Waals surface area contributed by atoms with Gasteiger partial charge in [-0.1, -0.05) is 30.3 Å². The molecule has 0 spiro atoms. The average molecular weight is 692 g/mol. The van der Waals surface area contributed by atoms with Crippen molar-refractivity contribution in [3.63, 3.8) is 0 Å². The first kappa shape index (κ1) is 41.6. The van der Waals surface area contributed by atoms with Crippen LogP contribution in [0, 0.1) is 11.8 Å². The topological polar surface area (TPSA) is 243 Å². The predicted octanol–water partition coefficient (Wildman–Crippen LogP) is 1.98. The van der Waals surface area contributed by atoms with Gasteiger partial charge in [-0.3, -0.25) is 19.2 Å². The Hall–Kier alpha value is -4.45. The van der Waals surface area contributed by atoms with E-state index in [1.165, 1.54) is 6.92 Å². The van der Waals surface area contributed by atoms with Crippen molar-refractivity contribution in [1.82, 2.24) is 15.1 Å². The molecule has 1 aromatic rings. The lowest BCUT2D eigenvalue weighted by molar-refractivity contribution is -0.192. The van der Waals surface area contributed by atoms with E-state index >= 15 is 0 Å². The van der Waals surface area contributed by atoms with Crippen molar-refractivity contribution in [3.05, 3.63) is 35.9 Å². The molecular formula is C30H44F3N5O10. The van der Waals surface area contributed by atoms with Crippen molar-refractivity contribution in [1.29, 1.82) is 0 Å². The average Bonchev–Trinajstić information content (AvgIpc) is 3.03. The van der Waals surface area contributed by atoms with Crippen LogP contribution in [0.2, 0.25) is 0 Å². The second kappa shape index (κ2) is 20.7. The van der Waals surface area contributed by atoms with Crippen molar-refractivity contribution in [3.8, 4) is 0 Å². The fraction of sp³-hybridized carbons (Fsp3) is 0.600. The highest BCUT2D eigenvalue weighted by Crippen LogP contribution is 2.24.